The SMILES string of the molecule is COc1ccc(-c2n[nH]c3nc4scc(C(C)C)c4c(=O)n23)cc1. The second-order valence-corrected chi connectivity index (χ2v) is 6.74. The zero-order valence-corrected chi connectivity index (χ0v) is 14.3. The van der Waals surface area contributed by atoms with Gasteiger partial charge < -0.3 is 4.74 Å². The molecule has 0 aliphatic heterocycles. The van der Waals surface area contributed by atoms with Gasteiger partial charge in [-0.25, -0.2) is 14.5 Å². The lowest BCUT2D eigenvalue weighted by Crippen LogP contribution is -2.15. The Morgan fingerprint density at radius 1 is 1.25 bits per heavy atom. The maximum Gasteiger partial charge on any atom is 0.269 e. The molecule has 4 aromatic rings. The minimum Gasteiger partial charge on any atom is -0.497 e. The molecule has 0 radical (unpaired) electrons. The first kappa shape index (κ1) is 14.9. The van der Waals surface area contributed by atoms with Crippen molar-refractivity contribution in [2.45, 2.75) is 19.8 Å². The van der Waals surface area contributed by atoms with Gasteiger partial charge in [0.15, 0.2) is 5.82 Å². The first-order chi connectivity index (χ1) is 11.6. The van der Waals surface area contributed by atoms with Gasteiger partial charge in [-0.1, -0.05) is 13.8 Å². The highest BCUT2D eigenvalue weighted by Crippen LogP contribution is 2.28. The lowest BCUT2D eigenvalue weighted by atomic mass is 10.0. The van der Waals surface area contributed by atoms with Crippen molar-refractivity contribution in [3.8, 4) is 17.1 Å². The minimum atomic E-state index is -0.0838. The van der Waals surface area contributed by atoms with Gasteiger partial charge in [0.2, 0.25) is 5.78 Å². The number of hydrogen-bond donors (Lipinski definition) is 1. The third-order valence-electron chi connectivity index (χ3n) is 4.08. The first-order valence-corrected chi connectivity index (χ1v) is 8.50. The van der Waals surface area contributed by atoms with Crippen molar-refractivity contribution < 1.29 is 4.74 Å². The third-order valence-corrected chi connectivity index (χ3v) is 4.97. The van der Waals surface area contributed by atoms with Gasteiger partial charge in [0, 0.05) is 5.56 Å². The maximum atomic E-state index is 13.1. The van der Waals surface area contributed by atoms with Gasteiger partial charge in [0.05, 0.1) is 12.5 Å². The average molecular weight is 340 g/mol. The fourth-order valence-electron chi connectivity index (χ4n) is 2.79. The predicted molar refractivity (Wildman–Crippen MR) is 95.1 cm³/mol. The number of thiophene rings is 1. The molecule has 122 valence electrons. The average Bonchev–Trinajstić information content (AvgIpc) is 3.20. The van der Waals surface area contributed by atoms with Crippen molar-refractivity contribution in [3.63, 3.8) is 0 Å². The van der Waals surface area contributed by atoms with Crippen LogP contribution in [0.3, 0.4) is 0 Å². The van der Waals surface area contributed by atoms with Crippen molar-refractivity contribution in [1.82, 2.24) is 19.6 Å². The molecular weight excluding hydrogens is 324 g/mol. The van der Waals surface area contributed by atoms with Crippen LogP contribution in [-0.4, -0.2) is 26.7 Å². The summed E-state index contributed by atoms with van der Waals surface area (Å²) in [6.45, 7) is 4.16. The van der Waals surface area contributed by atoms with Crippen LogP contribution >= 0.6 is 11.3 Å². The van der Waals surface area contributed by atoms with Gasteiger partial charge in [-0.05, 0) is 41.1 Å². The number of aromatic nitrogens is 4. The lowest BCUT2D eigenvalue weighted by Gasteiger charge is -2.04. The van der Waals surface area contributed by atoms with E-state index in [2.05, 4.69) is 29.0 Å². The molecular formula is C17H16N4O2S. The van der Waals surface area contributed by atoms with Gasteiger partial charge in [-0.2, -0.15) is 5.10 Å². The summed E-state index contributed by atoms with van der Waals surface area (Å²) in [4.78, 5) is 18.4. The zero-order valence-electron chi connectivity index (χ0n) is 13.5. The number of nitrogens with one attached hydrogen (secondary N) is 1. The molecule has 24 heavy (non-hydrogen) atoms. The molecule has 0 saturated carbocycles. The van der Waals surface area contributed by atoms with E-state index in [1.807, 2.05) is 29.6 Å². The van der Waals surface area contributed by atoms with E-state index in [4.69, 9.17) is 4.74 Å². The molecule has 0 bridgehead atoms. The van der Waals surface area contributed by atoms with Crippen LogP contribution in [0.4, 0.5) is 0 Å². The molecule has 0 amide bonds. The Bertz CT molecular complexity index is 1090. The molecule has 3 aromatic heterocycles. The van der Waals surface area contributed by atoms with E-state index in [-0.39, 0.29) is 11.5 Å². The normalized spacial score (nSPS) is 11.7. The highest BCUT2D eigenvalue weighted by Gasteiger charge is 2.18. The van der Waals surface area contributed by atoms with Crippen LogP contribution in [0.1, 0.15) is 25.3 Å². The summed E-state index contributed by atoms with van der Waals surface area (Å²) in [5.41, 5.74) is 1.77. The van der Waals surface area contributed by atoms with E-state index in [9.17, 15) is 4.79 Å². The fourth-order valence-corrected chi connectivity index (χ4v) is 3.89. The molecule has 0 aliphatic rings. The summed E-state index contributed by atoms with van der Waals surface area (Å²) < 4.78 is 6.72. The maximum absolute atomic E-state index is 13.1. The van der Waals surface area contributed by atoms with Crippen molar-refractivity contribution in [1.29, 1.82) is 0 Å². The molecule has 6 nitrogen and oxygen atoms in total. The molecule has 1 N–H and O–H groups in total. The Morgan fingerprint density at radius 2 is 2.00 bits per heavy atom. The molecule has 0 atom stereocenters. The van der Waals surface area contributed by atoms with E-state index >= 15 is 0 Å². The van der Waals surface area contributed by atoms with E-state index in [1.165, 1.54) is 11.3 Å². The number of ether oxygens (including phenoxy) is 1. The van der Waals surface area contributed by atoms with Gasteiger partial charge in [0.25, 0.3) is 5.56 Å². The number of H-pyrrole nitrogens is 1. The van der Waals surface area contributed by atoms with Crippen LogP contribution in [0, 0.1) is 0 Å². The summed E-state index contributed by atoms with van der Waals surface area (Å²) in [5, 5.41) is 9.86. The summed E-state index contributed by atoms with van der Waals surface area (Å²) >= 11 is 1.49. The standard InChI is InChI=1S/C17H16N4O2S/c1-9(2)12-8-24-15-13(12)16(22)21-14(19-20-17(21)18-15)10-4-6-11(23-3)7-5-10/h4-9H,1-3H3,(H,18,20). The molecule has 7 heteroatoms. The van der Waals surface area contributed by atoms with E-state index in [0.717, 1.165) is 21.7 Å². The highest BCUT2D eigenvalue weighted by molar-refractivity contribution is 7.16. The van der Waals surface area contributed by atoms with Crippen LogP contribution in [0.25, 0.3) is 27.4 Å². The van der Waals surface area contributed by atoms with Gasteiger partial charge in [-0.15, -0.1) is 11.3 Å². The first-order valence-electron chi connectivity index (χ1n) is 7.62. The lowest BCUT2D eigenvalue weighted by molar-refractivity contribution is 0.415. The highest BCUT2D eigenvalue weighted by atomic mass is 32.1. The van der Waals surface area contributed by atoms with Gasteiger partial charge in [0.1, 0.15) is 10.6 Å². The molecule has 0 aliphatic carbocycles. The fraction of sp³-hybridized carbons (Fsp3) is 0.235. The van der Waals surface area contributed by atoms with E-state index in [0.29, 0.717) is 17.0 Å². The molecule has 3 heterocycles. The van der Waals surface area contributed by atoms with Crippen LogP contribution in [-0.2, 0) is 0 Å². The van der Waals surface area contributed by atoms with Crippen molar-refractivity contribution in [3.05, 3.63) is 45.6 Å². The Labute approximate surface area is 141 Å². The number of benzene rings is 1. The molecule has 0 spiro atoms. The number of rotatable bonds is 3. The van der Waals surface area contributed by atoms with Crippen molar-refractivity contribution in [2.24, 2.45) is 0 Å². The van der Waals surface area contributed by atoms with Crippen LogP contribution in [0.2, 0.25) is 0 Å². The summed E-state index contributed by atoms with van der Waals surface area (Å²) in [6, 6.07) is 7.44. The summed E-state index contributed by atoms with van der Waals surface area (Å²) in [7, 11) is 1.62. The largest absolute Gasteiger partial charge is 0.497 e. The zero-order chi connectivity index (χ0) is 16.8. The third kappa shape index (κ3) is 2.12. The summed E-state index contributed by atoms with van der Waals surface area (Å²) in [5.74, 6) is 2.03. The molecule has 0 saturated heterocycles. The number of methoxy groups -OCH3 is 1. The Balaban J connectivity index is 2.02. The smallest absolute Gasteiger partial charge is 0.269 e. The van der Waals surface area contributed by atoms with Crippen molar-refractivity contribution >= 4 is 27.3 Å². The summed E-state index contributed by atoms with van der Waals surface area (Å²) in [6.07, 6.45) is 0. The number of hydrogen-bond acceptors (Lipinski definition) is 5. The Hall–Kier alpha value is -2.67. The van der Waals surface area contributed by atoms with Gasteiger partial charge >= 0.3 is 0 Å². The van der Waals surface area contributed by atoms with Crippen LogP contribution in [0.15, 0.2) is 34.4 Å². The van der Waals surface area contributed by atoms with E-state index in [1.54, 1.807) is 11.5 Å². The van der Waals surface area contributed by atoms with Crippen LogP contribution in [0.5, 0.6) is 5.75 Å². The second kappa shape index (κ2) is 5.45. The number of aromatic amines is 1. The second-order valence-electron chi connectivity index (χ2n) is 5.88. The minimum absolute atomic E-state index is 0.0838. The number of fused-ring (bicyclic) bond motifs is 2. The monoisotopic (exact) mass is 340 g/mol. The van der Waals surface area contributed by atoms with Crippen LogP contribution < -0.4 is 10.3 Å². The topological polar surface area (TPSA) is 72.3 Å². The molecule has 1 aromatic carbocycles. The van der Waals surface area contributed by atoms with Crippen molar-refractivity contribution in [2.75, 3.05) is 7.11 Å². The van der Waals surface area contributed by atoms with Gasteiger partial charge in [-0.3, -0.25) is 4.79 Å². The molecule has 0 unspecified atom stereocenters. The molecule has 4 rings (SSSR count). The quantitative estimate of drug-likeness (QED) is 0.620. The predicted octanol–water partition coefficient (Wildman–Crippen LogP) is 3.43. The molecule has 0 fully saturated rings. The number of nitrogens with zero attached hydrogens (tertiary/aromatic N) is 3. The Kier molecular flexibility index (Phi) is 3.38. The van der Waals surface area contributed by atoms with E-state index < -0.39 is 0 Å². The Morgan fingerprint density at radius 3 is 2.67 bits per heavy atom.